The molecule has 0 bridgehead atoms. The smallest absolute Gasteiger partial charge is 0.119 e. The average molecular weight is 317 g/mol. The monoisotopic (exact) mass is 316 g/mol. The topological polar surface area (TPSA) is 49.7 Å². The summed E-state index contributed by atoms with van der Waals surface area (Å²) in [6.07, 6.45) is 2.36. The predicted molar refractivity (Wildman–Crippen MR) is 75.9 cm³/mol. The minimum absolute atomic E-state index is 0.0129. The Morgan fingerprint density at radius 2 is 1.94 bits per heavy atom. The number of benzene rings is 1. The largest absolute Gasteiger partial charge is 0.497 e. The molecule has 0 radical (unpaired) electrons. The molecule has 0 aliphatic rings. The van der Waals surface area contributed by atoms with Crippen molar-refractivity contribution in [3.63, 3.8) is 0 Å². The van der Waals surface area contributed by atoms with Crippen LogP contribution in [0.3, 0.4) is 0 Å². The highest BCUT2D eigenvalue weighted by molar-refractivity contribution is 9.10. The fourth-order valence-electron chi connectivity index (χ4n) is 2.16. The summed E-state index contributed by atoms with van der Waals surface area (Å²) in [7, 11) is 1.63. The van der Waals surface area contributed by atoms with E-state index in [2.05, 4.69) is 22.9 Å². The lowest BCUT2D eigenvalue weighted by atomic mass is 9.79. The van der Waals surface area contributed by atoms with E-state index in [1.165, 1.54) is 0 Å². The van der Waals surface area contributed by atoms with E-state index in [4.69, 9.17) is 4.74 Å². The molecule has 0 spiro atoms. The number of hydrogen-bond acceptors (Lipinski definition) is 3. The van der Waals surface area contributed by atoms with Crippen LogP contribution in [0.2, 0.25) is 0 Å². The van der Waals surface area contributed by atoms with Gasteiger partial charge in [-0.2, -0.15) is 0 Å². The van der Waals surface area contributed by atoms with Gasteiger partial charge in [-0.3, -0.25) is 0 Å². The first-order chi connectivity index (χ1) is 8.60. The van der Waals surface area contributed by atoms with Gasteiger partial charge in [-0.05, 0) is 36.6 Å². The van der Waals surface area contributed by atoms with Crippen LogP contribution in [-0.2, 0) is 6.42 Å². The Hall–Kier alpha value is -0.580. The molecule has 0 aliphatic carbocycles. The number of ether oxygens (including phenoxy) is 1. The van der Waals surface area contributed by atoms with Crippen LogP contribution < -0.4 is 4.74 Å². The van der Waals surface area contributed by atoms with Crippen molar-refractivity contribution < 1.29 is 14.9 Å². The molecule has 1 aromatic rings. The minimum atomic E-state index is -0.455. The summed E-state index contributed by atoms with van der Waals surface area (Å²) in [5.41, 5.74) is 0.592. The average Bonchev–Trinajstić information content (AvgIpc) is 2.40. The van der Waals surface area contributed by atoms with E-state index < -0.39 is 5.41 Å². The number of halogens is 1. The van der Waals surface area contributed by atoms with E-state index in [1.807, 2.05) is 18.2 Å². The van der Waals surface area contributed by atoms with E-state index in [1.54, 1.807) is 7.11 Å². The third kappa shape index (κ3) is 3.70. The summed E-state index contributed by atoms with van der Waals surface area (Å²) in [6.45, 7) is 2.03. The molecular formula is C14H21BrO3. The normalized spacial score (nSPS) is 11.6. The zero-order chi connectivity index (χ0) is 13.6. The zero-order valence-electron chi connectivity index (χ0n) is 10.9. The van der Waals surface area contributed by atoms with E-state index in [-0.39, 0.29) is 13.2 Å². The van der Waals surface area contributed by atoms with Crippen LogP contribution in [0.15, 0.2) is 22.7 Å². The first-order valence-electron chi connectivity index (χ1n) is 6.15. The molecule has 0 fully saturated rings. The van der Waals surface area contributed by atoms with Crippen molar-refractivity contribution in [2.45, 2.75) is 26.2 Å². The van der Waals surface area contributed by atoms with Crippen molar-refractivity contribution >= 4 is 15.9 Å². The Kier molecular flexibility index (Phi) is 6.12. The summed E-state index contributed by atoms with van der Waals surface area (Å²) < 4.78 is 6.18. The van der Waals surface area contributed by atoms with Crippen molar-refractivity contribution in [1.29, 1.82) is 0 Å². The minimum Gasteiger partial charge on any atom is -0.497 e. The lowest BCUT2D eigenvalue weighted by Gasteiger charge is -2.30. The molecule has 0 unspecified atom stereocenters. The fraction of sp³-hybridized carbons (Fsp3) is 0.571. The van der Waals surface area contributed by atoms with Crippen LogP contribution >= 0.6 is 15.9 Å². The predicted octanol–water partition coefficient (Wildman–Crippen LogP) is 2.77. The summed E-state index contributed by atoms with van der Waals surface area (Å²) in [6, 6.07) is 5.76. The van der Waals surface area contributed by atoms with E-state index in [0.717, 1.165) is 28.6 Å². The maximum absolute atomic E-state index is 9.58. The molecule has 4 heteroatoms. The Balaban J connectivity index is 2.99. The summed E-state index contributed by atoms with van der Waals surface area (Å²) in [5.74, 6) is 0.787. The van der Waals surface area contributed by atoms with Crippen molar-refractivity contribution in [1.82, 2.24) is 0 Å². The van der Waals surface area contributed by atoms with Gasteiger partial charge in [0, 0.05) is 9.89 Å². The number of hydrogen-bond donors (Lipinski definition) is 2. The van der Waals surface area contributed by atoms with Crippen LogP contribution in [0.25, 0.3) is 0 Å². The Morgan fingerprint density at radius 3 is 2.44 bits per heavy atom. The second kappa shape index (κ2) is 7.12. The third-order valence-corrected chi connectivity index (χ3v) is 4.04. The number of aliphatic hydroxyl groups excluding tert-OH is 2. The molecule has 0 atom stereocenters. The molecule has 18 heavy (non-hydrogen) atoms. The highest BCUT2D eigenvalue weighted by Gasteiger charge is 2.29. The Morgan fingerprint density at radius 1 is 1.28 bits per heavy atom. The fourth-order valence-corrected chi connectivity index (χ4v) is 2.54. The van der Waals surface area contributed by atoms with Gasteiger partial charge in [0.05, 0.1) is 20.3 Å². The number of aliphatic hydroxyl groups is 2. The summed E-state index contributed by atoms with van der Waals surface area (Å²) in [5, 5.41) is 19.2. The molecule has 0 saturated carbocycles. The van der Waals surface area contributed by atoms with Gasteiger partial charge in [0.1, 0.15) is 5.75 Å². The van der Waals surface area contributed by atoms with Gasteiger partial charge in [-0.1, -0.05) is 29.3 Å². The third-order valence-electron chi connectivity index (χ3n) is 3.27. The lowest BCUT2D eigenvalue weighted by Crippen LogP contribution is -2.32. The molecule has 0 saturated heterocycles. The lowest BCUT2D eigenvalue weighted by molar-refractivity contribution is 0.0464. The number of rotatable bonds is 7. The standard InChI is InChI=1S/C14H21BrO3/c1-3-6-14(9-16,10-17)8-11-7-12(18-2)4-5-13(11)15/h4-5,7,16-17H,3,6,8-10H2,1-2H3. The van der Waals surface area contributed by atoms with Crippen LogP contribution in [0, 0.1) is 5.41 Å². The first-order valence-corrected chi connectivity index (χ1v) is 6.94. The highest BCUT2D eigenvalue weighted by Crippen LogP contribution is 2.32. The van der Waals surface area contributed by atoms with Gasteiger partial charge in [0.25, 0.3) is 0 Å². The molecule has 102 valence electrons. The molecular weight excluding hydrogens is 296 g/mol. The molecule has 0 amide bonds. The Bertz CT molecular complexity index is 375. The van der Waals surface area contributed by atoms with Crippen molar-refractivity contribution in [3.8, 4) is 5.75 Å². The summed E-state index contributed by atoms with van der Waals surface area (Å²) in [4.78, 5) is 0. The highest BCUT2D eigenvalue weighted by atomic mass is 79.9. The quantitative estimate of drug-likeness (QED) is 0.813. The van der Waals surface area contributed by atoms with Crippen LogP contribution in [-0.4, -0.2) is 30.5 Å². The zero-order valence-corrected chi connectivity index (χ0v) is 12.5. The molecule has 0 aliphatic heterocycles. The van der Waals surface area contributed by atoms with Crippen LogP contribution in [0.5, 0.6) is 5.75 Å². The Labute approximate surface area is 117 Å². The van der Waals surface area contributed by atoms with Crippen molar-refractivity contribution in [2.75, 3.05) is 20.3 Å². The molecule has 1 aromatic carbocycles. The molecule has 1 rings (SSSR count). The maximum atomic E-state index is 9.58. The van der Waals surface area contributed by atoms with Gasteiger partial charge in [-0.25, -0.2) is 0 Å². The van der Waals surface area contributed by atoms with Crippen LogP contribution in [0.1, 0.15) is 25.3 Å². The van der Waals surface area contributed by atoms with Crippen molar-refractivity contribution in [3.05, 3.63) is 28.2 Å². The second-order valence-electron chi connectivity index (χ2n) is 4.70. The maximum Gasteiger partial charge on any atom is 0.119 e. The second-order valence-corrected chi connectivity index (χ2v) is 5.55. The van der Waals surface area contributed by atoms with E-state index in [9.17, 15) is 10.2 Å². The van der Waals surface area contributed by atoms with Crippen LogP contribution in [0.4, 0.5) is 0 Å². The molecule has 0 heterocycles. The number of methoxy groups -OCH3 is 1. The SMILES string of the molecule is CCCC(CO)(CO)Cc1cc(OC)ccc1Br. The molecule has 2 N–H and O–H groups in total. The molecule has 3 nitrogen and oxygen atoms in total. The van der Waals surface area contributed by atoms with Crippen molar-refractivity contribution in [2.24, 2.45) is 5.41 Å². The van der Waals surface area contributed by atoms with Gasteiger partial charge < -0.3 is 14.9 Å². The summed E-state index contributed by atoms with van der Waals surface area (Å²) >= 11 is 3.50. The van der Waals surface area contributed by atoms with Gasteiger partial charge in [0.15, 0.2) is 0 Å². The van der Waals surface area contributed by atoms with E-state index in [0.29, 0.717) is 6.42 Å². The van der Waals surface area contributed by atoms with Gasteiger partial charge in [-0.15, -0.1) is 0 Å². The first kappa shape index (κ1) is 15.5. The molecule has 0 aromatic heterocycles. The van der Waals surface area contributed by atoms with Gasteiger partial charge in [0.2, 0.25) is 0 Å². The van der Waals surface area contributed by atoms with Gasteiger partial charge >= 0.3 is 0 Å². The van der Waals surface area contributed by atoms with E-state index >= 15 is 0 Å².